The average Bonchev–Trinajstić information content (AvgIpc) is 2.66. The first-order valence-corrected chi connectivity index (χ1v) is 5.69. The summed E-state index contributed by atoms with van der Waals surface area (Å²) >= 11 is 0. The molecule has 0 amide bonds. The predicted octanol–water partition coefficient (Wildman–Crippen LogP) is 1.95. The standard InChI is InChI=1S/C13H15N3O2/c1-8-5-4-6-9(2)11(8)7-16-10(3)12(13(17)18)14-15-16/h4-6H,7H2,1-3H3,(H,17,18). The molecule has 5 heteroatoms. The van der Waals surface area contributed by atoms with Crippen LogP contribution in [0.15, 0.2) is 18.2 Å². The first kappa shape index (κ1) is 12.3. The minimum absolute atomic E-state index is 0.0150. The van der Waals surface area contributed by atoms with Gasteiger partial charge in [-0.2, -0.15) is 0 Å². The van der Waals surface area contributed by atoms with Crippen molar-refractivity contribution in [3.63, 3.8) is 0 Å². The molecule has 0 spiro atoms. The molecule has 0 unspecified atom stereocenters. The van der Waals surface area contributed by atoms with Gasteiger partial charge in [0.1, 0.15) is 0 Å². The van der Waals surface area contributed by atoms with Gasteiger partial charge in [0.25, 0.3) is 0 Å². The fraction of sp³-hybridized carbons (Fsp3) is 0.308. The van der Waals surface area contributed by atoms with Crippen LogP contribution >= 0.6 is 0 Å². The molecule has 1 N–H and O–H groups in total. The van der Waals surface area contributed by atoms with E-state index in [1.54, 1.807) is 11.6 Å². The fourth-order valence-electron chi connectivity index (χ4n) is 1.96. The Morgan fingerprint density at radius 1 is 1.28 bits per heavy atom. The van der Waals surface area contributed by atoms with E-state index in [9.17, 15) is 4.79 Å². The normalized spacial score (nSPS) is 10.6. The largest absolute Gasteiger partial charge is 0.476 e. The van der Waals surface area contributed by atoms with Gasteiger partial charge in [-0.05, 0) is 37.5 Å². The van der Waals surface area contributed by atoms with E-state index >= 15 is 0 Å². The summed E-state index contributed by atoms with van der Waals surface area (Å²) in [4.78, 5) is 10.9. The molecule has 5 nitrogen and oxygen atoms in total. The quantitative estimate of drug-likeness (QED) is 0.897. The minimum Gasteiger partial charge on any atom is -0.476 e. The number of nitrogens with zero attached hydrogens (tertiary/aromatic N) is 3. The van der Waals surface area contributed by atoms with E-state index in [1.165, 1.54) is 11.1 Å². The Bertz CT molecular complexity index is 582. The molecule has 1 aromatic heterocycles. The van der Waals surface area contributed by atoms with Crippen LogP contribution in [0, 0.1) is 20.8 Å². The highest BCUT2D eigenvalue weighted by atomic mass is 16.4. The zero-order chi connectivity index (χ0) is 13.3. The van der Waals surface area contributed by atoms with Crippen molar-refractivity contribution in [3.8, 4) is 0 Å². The summed E-state index contributed by atoms with van der Waals surface area (Å²) in [5, 5.41) is 16.5. The summed E-state index contributed by atoms with van der Waals surface area (Å²) in [7, 11) is 0. The van der Waals surface area contributed by atoms with Gasteiger partial charge >= 0.3 is 5.97 Å². The van der Waals surface area contributed by atoms with Crippen molar-refractivity contribution in [2.24, 2.45) is 0 Å². The number of rotatable bonds is 3. The van der Waals surface area contributed by atoms with Crippen molar-refractivity contribution in [1.82, 2.24) is 15.0 Å². The van der Waals surface area contributed by atoms with Crippen molar-refractivity contribution in [3.05, 3.63) is 46.3 Å². The summed E-state index contributed by atoms with van der Waals surface area (Å²) in [5.41, 5.74) is 4.08. The van der Waals surface area contributed by atoms with Gasteiger partial charge in [-0.1, -0.05) is 23.4 Å². The number of carboxylic acid groups (broad SMARTS) is 1. The van der Waals surface area contributed by atoms with Crippen LogP contribution in [0.3, 0.4) is 0 Å². The molecule has 0 bridgehead atoms. The molecule has 0 saturated heterocycles. The summed E-state index contributed by atoms with van der Waals surface area (Å²) < 4.78 is 1.62. The second-order valence-corrected chi connectivity index (χ2v) is 4.36. The smallest absolute Gasteiger partial charge is 0.358 e. The molecule has 0 atom stereocenters. The number of aryl methyl sites for hydroxylation is 2. The van der Waals surface area contributed by atoms with Crippen molar-refractivity contribution in [2.45, 2.75) is 27.3 Å². The first-order chi connectivity index (χ1) is 8.50. The van der Waals surface area contributed by atoms with E-state index in [1.807, 2.05) is 32.0 Å². The van der Waals surface area contributed by atoms with E-state index in [0.29, 0.717) is 12.2 Å². The van der Waals surface area contributed by atoms with E-state index in [2.05, 4.69) is 10.3 Å². The highest BCUT2D eigenvalue weighted by Crippen LogP contribution is 2.16. The maximum Gasteiger partial charge on any atom is 0.358 e. The minimum atomic E-state index is -1.04. The summed E-state index contributed by atoms with van der Waals surface area (Å²) in [6, 6.07) is 6.07. The molecule has 0 aliphatic heterocycles. The van der Waals surface area contributed by atoms with E-state index < -0.39 is 5.97 Å². The fourth-order valence-corrected chi connectivity index (χ4v) is 1.96. The number of aromatic carboxylic acids is 1. The number of carbonyl (C=O) groups is 1. The van der Waals surface area contributed by atoms with Gasteiger partial charge in [-0.3, -0.25) is 0 Å². The van der Waals surface area contributed by atoms with Gasteiger partial charge in [0.15, 0.2) is 5.69 Å². The topological polar surface area (TPSA) is 68.0 Å². The number of hydrogen-bond acceptors (Lipinski definition) is 3. The lowest BCUT2D eigenvalue weighted by molar-refractivity contribution is 0.0689. The molecule has 0 aliphatic rings. The third-order valence-corrected chi connectivity index (χ3v) is 3.14. The van der Waals surface area contributed by atoms with Crippen LogP contribution in [0.1, 0.15) is 32.9 Å². The van der Waals surface area contributed by atoms with E-state index in [-0.39, 0.29) is 5.69 Å². The Morgan fingerprint density at radius 3 is 2.39 bits per heavy atom. The van der Waals surface area contributed by atoms with Crippen molar-refractivity contribution >= 4 is 5.97 Å². The number of hydrogen-bond donors (Lipinski definition) is 1. The Morgan fingerprint density at radius 2 is 1.89 bits per heavy atom. The zero-order valence-electron chi connectivity index (χ0n) is 10.6. The molecule has 0 fully saturated rings. The van der Waals surface area contributed by atoms with Crippen LogP contribution in [0.5, 0.6) is 0 Å². The second-order valence-electron chi connectivity index (χ2n) is 4.36. The third-order valence-electron chi connectivity index (χ3n) is 3.14. The highest BCUT2D eigenvalue weighted by Gasteiger charge is 2.15. The molecular formula is C13H15N3O2. The van der Waals surface area contributed by atoms with Crippen molar-refractivity contribution < 1.29 is 9.90 Å². The molecule has 94 valence electrons. The predicted molar refractivity (Wildman–Crippen MR) is 66.7 cm³/mol. The molecular weight excluding hydrogens is 230 g/mol. The summed E-state index contributed by atoms with van der Waals surface area (Å²) in [5.74, 6) is -1.04. The maximum absolute atomic E-state index is 10.9. The Labute approximate surface area is 105 Å². The molecule has 0 aliphatic carbocycles. The zero-order valence-corrected chi connectivity index (χ0v) is 10.6. The van der Waals surface area contributed by atoms with Gasteiger partial charge in [-0.15, -0.1) is 5.10 Å². The van der Waals surface area contributed by atoms with Gasteiger partial charge in [0, 0.05) is 0 Å². The SMILES string of the molecule is Cc1cccc(C)c1Cn1nnc(C(=O)O)c1C. The molecule has 0 saturated carbocycles. The Balaban J connectivity index is 2.38. The van der Waals surface area contributed by atoms with Crippen LogP contribution in [0.2, 0.25) is 0 Å². The molecule has 18 heavy (non-hydrogen) atoms. The van der Waals surface area contributed by atoms with Crippen LogP contribution in [-0.4, -0.2) is 26.1 Å². The molecule has 0 radical (unpaired) electrons. The van der Waals surface area contributed by atoms with E-state index in [4.69, 9.17) is 5.11 Å². The lowest BCUT2D eigenvalue weighted by Crippen LogP contribution is -2.08. The lowest BCUT2D eigenvalue weighted by Gasteiger charge is -2.10. The molecule has 2 rings (SSSR count). The average molecular weight is 245 g/mol. The monoisotopic (exact) mass is 245 g/mol. The number of carboxylic acids is 1. The second kappa shape index (κ2) is 4.60. The summed E-state index contributed by atoms with van der Waals surface area (Å²) in [6.45, 7) is 6.33. The van der Waals surface area contributed by atoms with Gasteiger partial charge in [0.05, 0.1) is 12.2 Å². The van der Waals surface area contributed by atoms with Gasteiger partial charge in [0.2, 0.25) is 0 Å². The first-order valence-electron chi connectivity index (χ1n) is 5.69. The number of benzene rings is 1. The van der Waals surface area contributed by atoms with Gasteiger partial charge < -0.3 is 5.11 Å². The third kappa shape index (κ3) is 2.11. The highest BCUT2D eigenvalue weighted by molar-refractivity contribution is 5.86. The Hall–Kier alpha value is -2.17. The lowest BCUT2D eigenvalue weighted by atomic mass is 10.0. The van der Waals surface area contributed by atoms with Crippen molar-refractivity contribution in [2.75, 3.05) is 0 Å². The molecule has 1 heterocycles. The van der Waals surface area contributed by atoms with Crippen LogP contribution in [-0.2, 0) is 6.54 Å². The summed E-state index contributed by atoms with van der Waals surface area (Å²) in [6.07, 6.45) is 0. The molecule has 2 aromatic rings. The van der Waals surface area contributed by atoms with Gasteiger partial charge in [-0.25, -0.2) is 9.48 Å². The molecule has 1 aromatic carbocycles. The van der Waals surface area contributed by atoms with Crippen LogP contribution < -0.4 is 0 Å². The van der Waals surface area contributed by atoms with E-state index in [0.717, 1.165) is 5.56 Å². The maximum atomic E-state index is 10.9. The van der Waals surface area contributed by atoms with Crippen molar-refractivity contribution in [1.29, 1.82) is 0 Å². The Kier molecular flexibility index (Phi) is 3.14. The number of aromatic nitrogens is 3. The van der Waals surface area contributed by atoms with Crippen LogP contribution in [0.25, 0.3) is 0 Å². The van der Waals surface area contributed by atoms with Crippen LogP contribution in [0.4, 0.5) is 0 Å².